The Hall–Kier alpha value is -2.83. The highest BCUT2D eigenvalue weighted by molar-refractivity contribution is 6.05. The Morgan fingerprint density at radius 3 is 2.48 bits per heavy atom. The van der Waals surface area contributed by atoms with E-state index in [-0.39, 0.29) is 17.7 Å². The van der Waals surface area contributed by atoms with Gasteiger partial charge in [-0.25, -0.2) is 0 Å². The van der Waals surface area contributed by atoms with Gasteiger partial charge in [0.25, 0.3) is 5.91 Å². The fraction of sp³-hybridized carbons (Fsp3) is 0.312. The molecule has 0 unspecified atom stereocenters. The van der Waals surface area contributed by atoms with E-state index in [9.17, 15) is 9.59 Å². The molecule has 1 N–H and O–H groups in total. The number of carbonyl (C=O) groups is 2. The number of aryl methyl sites for hydroxylation is 1. The molecule has 0 aliphatic carbocycles. The number of anilines is 1. The van der Waals surface area contributed by atoms with Gasteiger partial charge >= 0.3 is 0 Å². The van der Waals surface area contributed by atoms with E-state index >= 15 is 0 Å². The van der Waals surface area contributed by atoms with E-state index in [4.69, 9.17) is 4.74 Å². The van der Waals surface area contributed by atoms with Gasteiger partial charge in [0.2, 0.25) is 11.8 Å². The van der Waals surface area contributed by atoms with Crippen LogP contribution < -0.4 is 10.1 Å². The Balaban J connectivity index is 2.05. The Bertz CT molecular complexity index is 705. The number of benzene rings is 1. The molecule has 0 spiro atoms. The summed E-state index contributed by atoms with van der Waals surface area (Å²) in [5, 5.41) is 6.83. The quantitative estimate of drug-likeness (QED) is 0.902. The zero-order chi connectivity index (χ0) is 17.0. The van der Waals surface area contributed by atoms with Crippen molar-refractivity contribution >= 4 is 17.5 Å². The number of carbonyl (C=O) groups excluding carboxylic acids is 2. The van der Waals surface area contributed by atoms with E-state index in [2.05, 4.69) is 10.4 Å². The zero-order valence-electron chi connectivity index (χ0n) is 13.7. The average Bonchev–Trinajstić information content (AvgIpc) is 2.90. The van der Waals surface area contributed by atoms with Crippen LogP contribution in [0.4, 0.5) is 5.69 Å². The van der Waals surface area contributed by atoms with Crippen LogP contribution in [0.5, 0.6) is 5.88 Å². The lowest BCUT2D eigenvalue weighted by atomic mass is 10.1. The first-order valence-electron chi connectivity index (χ1n) is 7.08. The van der Waals surface area contributed by atoms with Gasteiger partial charge in [-0.05, 0) is 17.7 Å². The smallest absolute Gasteiger partial charge is 0.262 e. The number of nitrogens with zero attached hydrogens (tertiary/aromatic N) is 3. The van der Waals surface area contributed by atoms with E-state index < -0.39 is 0 Å². The van der Waals surface area contributed by atoms with Gasteiger partial charge in [-0.2, -0.15) is 0 Å². The highest BCUT2D eigenvalue weighted by atomic mass is 16.5. The minimum Gasteiger partial charge on any atom is -0.479 e. The first-order chi connectivity index (χ1) is 10.9. The molecule has 0 saturated carbocycles. The van der Waals surface area contributed by atoms with Crippen LogP contribution in [0.3, 0.4) is 0 Å². The van der Waals surface area contributed by atoms with Crippen molar-refractivity contribution in [2.75, 3.05) is 26.5 Å². The van der Waals surface area contributed by atoms with Crippen LogP contribution >= 0.6 is 0 Å². The van der Waals surface area contributed by atoms with Crippen LogP contribution in [-0.4, -0.2) is 47.7 Å². The number of hydrogen-bond donors (Lipinski definition) is 1. The fourth-order valence-electron chi connectivity index (χ4n) is 2.01. The summed E-state index contributed by atoms with van der Waals surface area (Å²) in [4.78, 5) is 25.5. The maximum absolute atomic E-state index is 12.3. The summed E-state index contributed by atoms with van der Waals surface area (Å²) in [5.74, 6) is 0.00662. The number of hydrogen-bond acceptors (Lipinski definition) is 4. The first-order valence-corrected chi connectivity index (χ1v) is 7.08. The summed E-state index contributed by atoms with van der Waals surface area (Å²) in [6.45, 7) is 0. The molecule has 0 atom stereocenters. The van der Waals surface area contributed by atoms with Crippen LogP contribution in [0.15, 0.2) is 30.5 Å². The Kier molecular flexibility index (Phi) is 5.00. The molecule has 0 saturated heterocycles. The van der Waals surface area contributed by atoms with Crippen molar-refractivity contribution in [3.8, 4) is 5.88 Å². The molecule has 23 heavy (non-hydrogen) atoms. The molecule has 1 aromatic heterocycles. The summed E-state index contributed by atoms with van der Waals surface area (Å²) in [6, 6.07) is 7.16. The predicted molar refractivity (Wildman–Crippen MR) is 86.6 cm³/mol. The van der Waals surface area contributed by atoms with Gasteiger partial charge in [0.05, 0.1) is 13.5 Å². The maximum atomic E-state index is 12.3. The summed E-state index contributed by atoms with van der Waals surface area (Å²) in [5.41, 5.74) is 1.89. The predicted octanol–water partition coefficient (Wildman–Crippen LogP) is 1.31. The van der Waals surface area contributed by atoms with E-state index in [1.165, 1.54) is 11.8 Å². The number of amides is 2. The normalized spacial score (nSPS) is 10.3. The Morgan fingerprint density at radius 1 is 1.26 bits per heavy atom. The summed E-state index contributed by atoms with van der Waals surface area (Å²) in [6.07, 6.45) is 1.93. The molecule has 0 aliphatic heterocycles. The molecule has 0 aliphatic rings. The Labute approximate surface area is 134 Å². The van der Waals surface area contributed by atoms with Crippen molar-refractivity contribution in [2.45, 2.75) is 6.42 Å². The molecule has 7 nitrogen and oxygen atoms in total. The molecule has 1 heterocycles. The number of methoxy groups -OCH3 is 1. The van der Waals surface area contributed by atoms with Gasteiger partial charge < -0.3 is 15.0 Å². The van der Waals surface area contributed by atoms with Crippen molar-refractivity contribution in [3.05, 3.63) is 41.6 Å². The summed E-state index contributed by atoms with van der Waals surface area (Å²) in [7, 11) is 6.63. The van der Waals surface area contributed by atoms with Crippen molar-refractivity contribution in [1.82, 2.24) is 14.7 Å². The van der Waals surface area contributed by atoms with Gasteiger partial charge in [0.15, 0.2) is 0 Å². The standard InChI is InChI=1S/C16H20N4O3/c1-19(2)14(21)9-11-5-7-12(8-6-11)17-15(22)13-10-20(3)18-16(13)23-4/h5-8,10H,9H2,1-4H3,(H,17,22). The highest BCUT2D eigenvalue weighted by Crippen LogP contribution is 2.18. The fourth-order valence-corrected chi connectivity index (χ4v) is 2.01. The number of aromatic nitrogens is 2. The third-order valence-electron chi connectivity index (χ3n) is 3.30. The molecule has 1 aromatic carbocycles. The third-order valence-corrected chi connectivity index (χ3v) is 3.30. The zero-order valence-corrected chi connectivity index (χ0v) is 13.7. The second-order valence-corrected chi connectivity index (χ2v) is 5.34. The lowest BCUT2D eigenvalue weighted by Gasteiger charge is -2.10. The lowest BCUT2D eigenvalue weighted by Crippen LogP contribution is -2.23. The first kappa shape index (κ1) is 16.5. The van der Waals surface area contributed by atoms with Gasteiger partial charge in [0, 0.05) is 33.0 Å². The van der Waals surface area contributed by atoms with Gasteiger partial charge in [0.1, 0.15) is 5.56 Å². The van der Waals surface area contributed by atoms with E-state index in [0.717, 1.165) is 5.56 Å². The van der Waals surface area contributed by atoms with Crippen molar-refractivity contribution in [1.29, 1.82) is 0 Å². The summed E-state index contributed by atoms with van der Waals surface area (Å²) < 4.78 is 6.59. The molecule has 2 rings (SSSR count). The number of ether oxygens (including phenoxy) is 1. The monoisotopic (exact) mass is 316 g/mol. The number of likely N-dealkylation sites (N-methyl/N-ethyl adjacent to an activating group) is 1. The maximum Gasteiger partial charge on any atom is 0.262 e. The molecule has 0 bridgehead atoms. The van der Waals surface area contributed by atoms with Crippen molar-refractivity contribution in [2.24, 2.45) is 7.05 Å². The largest absolute Gasteiger partial charge is 0.479 e. The minimum atomic E-state index is -0.299. The topological polar surface area (TPSA) is 76.5 Å². The van der Waals surface area contributed by atoms with Crippen LogP contribution in [0.2, 0.25) is 0 Å². The molecular weight excluding hydrogens is 296 g/mol. The lowest BCUT2D eigenvalue weighted by molar-refractivity contribution is -0.127. The SMILES string of the molecule is COc1nn(C)cc1C(=O)Nc1ccc(CC(=O)N(C)C)cc1. The molecular formula is C16H20N4O3. The summed E-state index contributed by atoms with van der Waals surface area (Å²) >= 11 is 0. The van der Waals surface area contributed by atoms with Crippen LogP contribution in [0.1, 0.15) is 15.9 Å². The molecule has 2 amide bonds. The molecule has 122 valence electrons. The Morgan fingerprint density at radius 2 is 1.91 bits per heavy atom. The second kappa shape index (κ2) is 6.95. The van der Waals surface area contributed by atoms with Gasteiger partial charge in [-0.1, -0.05) is 12.1 Å². The van der Waals surface area contributed by atoms with E-state index in [0.29, 0.717) is 17.7 Å². The van der Waals surface area contributed by atoms with Crippen LogP contribution in [0, 0.1) is 0 Å². The van der Waals surface area contributed by atoms with Crippen molar-refractivity contribution in [3.63, 3.8) is 0 Å². The van der Waals surface area contributed by atoms with E-state index in [1.807, 2.05) is 12.1 Å². The number of rotatable bonds is 5. The van der Waals surface area contributed by atoms with Crippen LogP contribution in [-0.2, 0) is 18.3 Å². The third kappa shape index (κ3) is 4.09. The molecule has 0 radical (unpaired) electrons. The van der Waals surface area contributed by atoms with E-state index in [1.54, 1.807) is 44.4 Å². The number of nitrogens with one attached hydrogen (secondary N) is 1. The molecule has 0 fully saturated rings. The van der Waals surface area contributed by atoms with Gasteiger partial charge in [-0.15, -0.1) is 5.10 Å². The van der Waals surface area contributed by atoms with Crippen molar-refractivity contribution < 1.29 is 14.3 Å². The molecule has 2 aromatic rings. The van der Waals surface area contributed by atoms with Crippen LogP contribution in [0.25, 0.3) is 0 Å². The average molecular weight is 316 g/mol. The highest BCUT2D eigenvalue weighted by Gasteiger charge is 2.16. The van der Waals surface area contributed by atoms with Gasteiger partial charge in [-0.3, -0.25) is 14.3 Å². The second-order valence-electron chi connectivity index (χ2n) is 5.34. The molecule has 7 heteroatoms. The minimum absolute atomic E-state index is 0.0295.